The number of anilines is 1. The van der Waals surface area contributed by atoms with Gasteiger partial charge in [0.25, 0.3) is 6.26 Å². The molecule has 0 aliphatic heterocycles. The molecule has 0 bridgehead atoms. The van der Waals surface area contributed by atoms with Gasteiger partial charge >= 0.3 is 12.1 Å². The van der Waals surface area contributed by atoms with Crippen molar-refractivity contribution in [1.82, 2.24) is 14.6 Å². The molecule has 13 nitrogen and oxygen atoms in total. The van der Waals surface area contributed by atoms with Crippen LogP contribution in [-0.4, -0.2) is 67.5 Å². The molecule has 2 heterocycles. The molecule has 0 aliphatic rings. The Hall–Kier alpha value is -3.63. The van der Waals surface area contributed by atoms with E-state index in [4.69, 9.17) is 30.3 Å². The lowest BCUT2D eigenvalue weighted by Crippen LogP contribution is -2.38. The van der Waals surface area contributed by atoms with Gasteiger partial charge in [-0.2, -0.15) is 10.4 Å². The fraction of sp³-hybridized carbons (Fsp3) is 0.526. The predicted octanol–water partition coefficient (Wildman–Crippen LogP) is 0.760. The molecule has 0 fully saturated rings. The first-order chi connectivity index (χ1) is 15.3. The van der Waals surface area contributed by atoms with Crippen molar-refractivity contribution >= 4 is 23.5 Å². The summed E-state index contributed by atoms with van der Waals surface area (Å²) in [5, 5.41) is 42.4. The van der Waals surface area contributed by atoms with Gasteiger partial charge in [0.15, 0.2) is 11.9 Å². The van der Waals surface area contributed by atoms with Crippen molar-refractivity contribution in [3.05, 3.63) is 24.2 Å². The summed E-state index contributed by atoms with van der Waals surface area (Å²) < 4.78 is 15.8. The van der Waals surface area contributed by atoms with Crippen LogP contribution in [0.3, 0.4) is 0 Å². The van der Waals surface area contributed by atoms with Crippen LogP contribution in [0.2, 0.25) is 0 Å². The van der Waals surface area contributed by atoms with Gasteiger partial charge in [-0.3, -0.25) is 4.79 Å². The van der Waals surface area contributed by atoms with Gasteiger partial charge in [0.2, 0.25) is 0 Å². The molecule has 0 saturated carbocycles. The maximum atomic E-state index is 11.7. The molecule has 174 valence electrons. The number of nitriles is 1. The first kappa shape index (κ1) is 24.6. The molecule has 13 heteroatoms. The Labute approximate surface area is 182 Å². The molecule has 0 spiro atoms. The van der Waals surface area contributed by atoms with E-state index in [9.17, 15) is 19.8 Å². The van der Waals surface area contributed by atoms with Crippen LogP contribution in [0, 0.1) is 11.5 Å². The lowest BCUT2D eigenvalue weighted by Gasteiger charge is -2.24. The van der Waals surface area contributed by atoms with Crippen molar-refractivity contribution in [2.24, 2.45) is 0 Å². The minimum absolute atomic E-state index is 0.0676. The van der Waals surface area contributed by atoms with Crippen molar-refractivity contribution in [3.63, 3.8) is 0 Å². The normalized spacial score (nSPS) is 13.7. The molecule has 0 radical (unpaired) electrons. The zero-order valence-corrected chi connectivity index (χ0v) is 17.2. The summed E-state index contributed by atoms with van der Waals surface area (Å²) in [7, 11) is 0. The lowest BCUT2D eigenvalue weighted by atomic mass is 10.1. The van der Waals surface area contributed by atoms with Gasteiger partial charge in [-0.15, -0.1) is 0 Å². The monoisotopic (exact) mass is 451 g/mol. The second kappa shape index (κ2) is 12.3. The standard InChI is InChI=1S/C19H25N5O8/c20-10-32-14(9-31-19(29)30-8-4-2-1-3-5-15(25)26)17(28)16(27)12-6-7-13-18(21)22-11-23-24(12)13/h6-7,11,14,16-17,27-28H,1-5,8-9H2,(H,25,26)(H2,21,22,23)/t14-,16+,17-/m1/s1. The Morgan fingerprint density at radius 3 is 2.66 bits per heavy atom. The third kappa shape index (κ3) is 6.96. The fourth-order valence-electron chi connectivity index (χ4n) is 2.92. The molecular formula is C19H25N5O8. The number of hydrogen-bond acceptors (Lipinski definition) is 11. The van der Waals surface area contributed by atoms with E-state index in [1.165, 1.54) is 23.2 Å². The molecule has 5 N–H and O–H groups in total. The summed E-state index contributed by atoms with van der Waals surface area (Å²) >= 11 is 0. The maximum Gasteiger partial charge on any atom is 0.508 e. The van der Waals surface area contributed by atoms with E-state index >= 15 is 0 Å². The average molecular weight is 451 g/mol. The topological polar surface area (TPSA) is 203 Å². The van der Waals surface area contributed by atoms with Crippen LogP contribution in [0.15, 0.2) is 18.5 Å². The highest BCUT2D eigenvalue weighted by atomic mass is 16.7. The summed E-state index contributed by atoms with van der Waals surface area (Å²) in [6.45, 7) is -0.484. The third-order valence-electron chi connectivity index (χ3n) is 4.59. The number of rotatable bonds is 13. The second-order valence-electron chi connectivity index (χ2n) is 6.85. The van der Waals surface area contributed by atoms with Crippen molar-refractivity contribution in [1.29, 1.82) is 5.26 Å². The van der Waals surface area contributed by atoms with Crippen molar-refractivity contribution in [2.75, 3.05) is 18.9 Å². The third-order valence-corrected chi connectivity index (χ3v) is 4.59. The van der Waals surface area contributed by atoms with Crippen molar-refractivity contribution < 1.29 is 39.1 Å². The zero-order valence-electron chi connectivity index (χ0n) is 17.2. The van der Waals surface area contributed by atoms with E-state index in [1.807, 2.05) is 0 Å². The van der Waals surface area contributed by atoms with Gasteiger partial charge in [-0.05, 0) is 25.0 Å². The predicted molar refractivity (Wildman–Crippen MR) is 107 cm³/mol. The summed E-state index contributed by atoms with van der Waals surface area (Å²) in [6, 6.07) is 3.03. The molecule has 0 saturated heterocycles. The summed E-state index contributed by atoms with van der Waals surface area (Å²) in [5.41, 5.74) is 6.32. The quantitative estimate of drug-likeness (QED) is 0.189. The van der Waals surface area contributed by atoms with Crippen molar-refractivity contribution in [2.45, 2.75) is 50.4 Å². The molecule has 0 aromatic carbocycles. The Morgan fingerprint density at radius 2 is 1.94 bits per heavy atom. The summed E-state index contributed by atoms with van der Waals surface area (Å²) in [6.07, 6.45) is -0.469. The molecule has 2 aromatic heterocycles. The molecular weight excluding hydrogens is 426 g/mol. The number of aliphatic hydroxyl groups excluding tert-OH is 2. The number of ether oxygens (including phenoxy) is 3. The number of carbonyl (C=O) groups excluding carboxylic acids is 1. The van der Waals surface area contributed by atoms with E-state index < -0.39 is 37.0 Å². The Kier molecular flexibility index (Phi) is 9.45. The number of nitrogen functional groups attached to an aromatic ring is 1. The van der Waals surface area contributed by atoms with Gasteiger partial charge in [-0.25, -0.2) is 14.3 Å². The number of fused-ring (bicyclic) bond motifs is 1. The van der Waals surface area contributed by atoms with Gasteiger partial charge in [0.05, 0.1) is 12.3 Å². The number of aliphatic hydroxyl groups is 2. The summed E-state index contributed by atoms with van der Waals surface area (Å²) in [5.74, 6) is -0.681. The van der Waals surface area contributed by atoms with E-state index in [2.05, 4.69) is 10.1 Å². The second-order valence-corrected chi connectivity index (χ2v) is 6.85. The van der Waals surface area contributed by atoms with Crippen molar-refractivity contribution in [3.8, 4) is 6.26 Å². The first-order valence-electron chi connectivity index (χ1n) is 9.85. The Bertz CT molecular complexity index is 943. The number of nitrogens with zero attached hydrogens (tertiary/aromatic N) is 4. The minimum Gasteiger partial charge on any atom is -0.481 e. The van der Waals surface area contributed by atoms with Crippen LogP contribution in [0.5, 0.6) is 0 Å². The van der Waals surface area contributed by atoms with Crippen LogP contribution in [0.1, 0.15) is 43.9 Å². The Morgan fingerprint density at radius 1 is 1.19 bits per heavy atom. The van der Waals surface area contributed by atoms with Gasteiger partial charge in [0.1, 0.15) is 30.7 Å². The highest BCUT2D eigenvalue weighted by molar-refractivity contribution is 5.66. The summed E-state index contributed by atoms with van der Waals surface area (Å²) in [4.78, 5) is 26.0. The van der Waals surface area contributed by atoms with Crippen LogP contribution in [0.4, 0.5) is 10.6 Å². The highest BCUT2D eigenvalue weighted by Crippen LogP contribution is 2.24. The number of carbonyl (C=O) groups is 2. The molecule has 0 amide bonds. The maximum absolute atomic E-state index is 11.7. The SMILES string of the molecule is N#CO[C@H](COC(=O)OCCCCCCC(=O)O)[C@@H](O)[C@@H](O)c1ccc2c(N)ncnn12. The number of hydrogen-bond donors (Lipinski definition) is 4. The number of carboxylic acids is 1. The Balaban J connectivity index is 1.83. The number of aliphatic carboxylic acids is 1. The lowest BCUT2D eigenvalue weighted by molar-refractivity contribution is -0.137. The number of nitrogens with two attached hydrogens (primary N) is 1. The fourth-order valence-corrected chi connectivity index (χ4v) is 2.92. The molecule has 3 atom stereocenters. The van der Waals surface area contributed by atoms with Crippen LogP contribution in [0.25, 0.3) is 5.52 Å². The highest BCUT2D eigenvalue weighted by Gasteiger charge is 2.32. The van der Waals surface area contributed by atoms with Gasteiger partial charge < -0.3 is 35.3 Å². The van der Waals surface area contributed by atoms with E-state index in [0.29, 0.717) is 31.2 Å². The van der Waals surface area contributed by atoms with E-state index in [1.54, 1.807) is 6.07 Å². The molecule has 2 aromatic rings. The van der Waals surface area contributed by atoms with E-state index in [-0.39, 0.29) is 24.5 Å². The first-order valence-corrected chi connectivity index (χ1v) is 9.85. The average Bonchev–Trinajstić information content (AvgIpc) is 3.20. The number of carboxylic acid groups (broad SMARTS) is 1. The van der Waals surface area contributed by atoms with Crippen LogP contribution < -0.4 is 5.73 Å². The molecule has 32 heavy (non-hydrogen) atoms. The molecule has 0 aliphatic carbocycles. The molecule has 2 rings (SSSR count). The van der Waals surface area contributed by atoms with Gasteiger partial charge in [0, 0.05) is 6.42 Å². The van der Waals surface area contributed by atoms with Gasteiger partial charge in [-0.1, -0.05) is 12.8 Å². The smallest absolute Gasteiger partial charge is 0.481 e. The van der Waals surface area contributed by atoms with Crippen LogP contribution in [-0.2, 0) is 19.0 Å². The number of aromatic nitrogens is 3. The van der Waals surface area contributed by atoms with Crippen LogP contribution >= 0.6 is 0 Å². The number of unbranched alkanes of at least 4 members (excludes halogenated alkanes) is 3. The zero-order chi connectivity index (χ0) is 23.5. The van der Waals surface area contributed by atoms with E-state index in [0.717, 1.165) is 0 Å². The minimum atomic E-state index is -1.65. The largest absolute Gasteiger partial charge is 0.508 e. The molecule has 0 unspecified atom stereocenters.